The van der Waals surface area contributed by atoms with Crippen molar-refractivity contribution in [2.75, 3.05) is 13.7 Å². The average molecular weight is 415 g/mol. The highest BCUT2D eigenvalue weighted by Crippen LogP contribution is 2.42. The minimum Gasteiger partial charge on any atom is -0.497 e. The molecule has 1 heterocycles. The number of carbonyl (C=O) groups excluding carboxylic acids is 1. The van der Waals surface area contributed by atoms with Gasteiger partial charge in [0.05, 0.1) is 25.8 Å². The van der Waals surface area contributed by atoms with Crippen molar-refractivity contribution < 1.29 is 14.6 Å². The number of benzene rings is 2. The molecule has 1 saturated carbocycles. The van der Waals surface area contributed by atoms with Gasteiger partial charge in [-0.1, -0.05) is 42.9 Å². The molecule has 1 N–H and O–H groups in total. The highest BCUT2D eigenvalue weighted by atomic mass is 16.5. The van der Waals surface area contributed by atoms with Crippen LogP contribution in [0.2, 0.25) is 0 Å². The van der Waals surface area contributed by atoms with Crippen LogP contribution in [-0.4, -0.2) is 41.7 Å². The van der Waals surface area contributed by atoms with Crippen LogP contribution in [0.3, 0.4) is 0 Å². The molecule has 5 heteroatoms. The van der Waals surface area contributed by atoms with Crippen LogP contribution in [0.15, 0.2) is 48.5 Å². The summed E-state index contributed by atoms with van der Waals surface area (Å²) in [6.07, 6.45) is 3.90. The number of nitrogens with zero attached hydrogens (tertiary/aromatic N) is 2. The lowest BCUT2D eigenvalue weighted by atomic mass is 9.75. The summed E-state index contributed by atoms with van der Waals surface area (Å²) in [6, 6.07) is 16.8. The molecule has 158 valence electrons. The Morgan fingerprint density at radius 3 is 2.48 bits per heavy atom. The summed E-state index contributed by atoms with van der Waals surface area (Å²) >= 11 is 0. The number of rotatable bonds is 4. The zero-order valence-electron chi connectivity index (χ0n) is 17.6. The summed E-state index contributed by atoms with van der Waals surface area (Å²) in [7, 11) is 1.63. The highest BCUT2D eigenvalue weighted by Gasteiger charge is 2.52. The second-order valence-electron chi connectivity index (χ2n) is 8.18. The van der Waals surface area contributed by atoms with Gasteiger partial charge in [0.1, 0.15) is 11.8 Å². The van der Waals surface area contributed by atoms with Gasteiger partial charge in [0.25, 0.3) is 0 Å². The molecule has 2 aromatic carbocycles. The maximum absolute atomic E-state index is 12.9. The first kappa shape index (κ1) is 21.0. The van der Waals surface area contributed by atoms with Gasteiger partial charge in [0.2, 0.25) is 5.91 Å². The summed E-state index contributed by atoms with van der Waals surface area (Å²) in [6.45, 7) is -0.140. The lowest BCUT2D eigenvalue weighted by molar-refractivity contribution is -0.151. The van der Waals surface area contributed by atoms with Crippen molar-refractivity contribution in [2.45, 2.75) is 43.7 Å². The van der Waals surface area contributed by atoms with Crippen molar-refractivity contribution in [3.05, 3.63) is 65.2 Å². The van der Waals surface area contributed by atoms with Gasteiger partial charge in [-0.2, -0.15) is 5.26 Å². The number of ether oxygens (including phenoxy) is 1. The number of carbonyl (C=O) groups is 1. The molecule has 0 radical (unpaired) electrons. The first-order valence-electron chi connectivity index (χ1n) is 10.7. The molecule has 31 heavy (non-hydrogen) atoms. The van der Waals surface area contributed by atoms with E-state index in [2.05, 4.69) is 17.9 Å². The second-order valence-corrected chi connectivity index (χ2v) is 8.18. The van der Waals surface area contributed by atoms with Gasteiger partial charge < -0.3 is 14.7 Å². The maximum Gasteiger partial charge on any atom is 0.227 e. The SMILES string of the molecule is COc1cccc(C#Cc2ccc([C@@H]3[C@@H](C#N)N(C(=O)C4CCCC4)[C@H]3CO)cc2)c1. The van der Waals surface area contributed by atoms with Gasteiger partial charge in [-0.05, 0) is 48.7 Å². The Morgan fingerprint density at radius 2 is 1.84 bits per heavy atom. The largest absolute Gasteiger partial charge is 0.497 e. The molecule has 3 atom stereocenters. The number of hydrogen-bond donors (Lipinski definition) is 1. The summed E-state index contributed by atoms with van der Waals surface area (Å²) in [5, 5.41) is 19.7. The van der Waals surface area contributed by atoms with Crippen molar-refractivity contribution in [2.24, 2.45) is 5.92 Å². The van der Waals surface area contributed by atoms with Crippen molar-refractivity contribution >= 4 is 5.91 Å². The predicted octanol–water partition coefficient (Wildman–Crippen LogP) is 3.46. The molecule has 1 amide bonds. The van der Waals surface area contributed by atoms with E-state index in [-0.39, 0.29) is 30.4 Å². The minimum atomic E-state index is -0.529. The van der Waals surface area contributed by atoms with Crippen molar-refractivity contribution in [1.29, 1.82) is 5.26 Å². The van der Waals surface area contributed by atoms with E-state index in [1.165, 1.54) is 0 Å². The minimum absolute atomic E-state index is 0.000103. The molecule has 1 aliphatic carbocycles. The van der Waals surface area contributed by atoms with Gasteiger partial charge in [-0.15, -0.1) is 0 Å². The zero-order chi connectivity index (χ0) is 21.8. The van der Waals surface area contributed by atoms with Crippen LogP contribution in [-0.2, 0) is 4.79 Å². The molecule has 0 spiro atoms. The first-order chi connectivity index (χ1) is 15.2. The van der Waals surface area contributed by atoms with Crippen LogP contribution >= 0.6 is 0 Å². The molecular formula is C26H26N2O3. The van der Waals surface area contributed by atoms with Gasteiger partial charge in [0.15, 0.2) is 0 Å². The fraction of sp³-hybridized carbons (Fsp3) is 0.385. The lowest BCUT2D eigenvalue weighted by Gasteiger charge is -2.52. The fourth-order valence-corrected chi connectivity index (χ4v) is 4.73. The van der Waals surface area contributed by atoms with Gasteiger partial charge in [-0.25, -0.2) is 0 Å². The molecule has 2 aliphatic rings. The second kappa shape index (κ2) is 9.25. The van der Waals surface area contributed by atoms with Gasteiger partial charge in [0, 0.05) is 23.0 Å². The van der Waals surface area contributed by atoms with Crippen molar-refractivity contribution in [3.8, 4) is 23.7 Å². The molecular weight excluding hydrogens is 388 g/mol. The number of aliphatic hydroxyl groups is 1. The Bertz CT molecular complexity index is 1040. The van der Waals surface area contributed by atoms with Gasteiger partial charge >= 0.3 is 0 Å². The Kier molecular flexibility index (Phi) is 6.26. The number of likely N-dealkylation sites (tertiary alicyclic amines) is 1. The topological polar surface area (TPSA) is 73.6 Å². The van der Waals surface area contributed by atoms with E-state index in [0.29, 0.717) is 0 Å². The number of aliphatic hydroxyl groups excluding tert-OH is 1. The molecule has 2 fully saturated rings. The van der Waals surface area contributed by atoms with Crippen LogP contribution in [0.1, 0.15) is 48.3 Å². The smallest absolute Gasteiger partial charge is 0.227 e. The van der Waals surface area contributed by atoms with Crippen molar-refractivity contribution in [1.82, 2.24) is 4.90 Å². The number of amides is 1. The molecule has 0 bridgehead atoms. The van der Waals surface area contributed by atoms with Crippen molar-refractivity contribution in [3.63, 3.8) is 0 Å². The lowest BCUT2D eigenvalue weighted by Crippen LogP contribution is -2.66. The van der Waals surface area contributed by atoms with Crippen LogP contribution < -0.4 is 4.74 Å². The zero-order valence-corrected chi connectivity index (χ0v) is 17.6. The van der Waals surface area contributed by atoms with Crippen LogP contribution in [0, 0.1) is 29.1 Å². The summed E-state index contributed by atoms with van der Waals surface area (Å²) in [4.78, 5) is 14.5. The standard InChI is InChI=1S/C26H26N2O3/c1-31-22-8-4-5-19(15-22)10-9-18-11-13-20(14-12-18)25-23(16-27)28(24(25)17-29)26(30)21-6-2-3-7-21/h4-5,8,11-15,21,23-25,29H,2-3,6-7,17H2,1H3/t23-,24+,25-/m1/s1. The van der Waals surface area contributed by atoms with E-state index >= 15 is 0 Å². The molecule has 0 aromatic heterocycles. The van der Waals surface area contributed by atoms with Crippen LogP contribution in [0.25, 0.3) is 0 Å². The summed E-state index contributed by atoms with van der Waals surface area (Å²) < 4.78 is 5.22. The molecule has 4 rings (SSSR count). The monoisotopic (exact) mass is 414 g/mol. The number of nitriles is 1. The van der Waals surface area contributed by atoms with E-state index in [1.54, 1.807) is 12.0 Å². The Labute approximate surface area is 183 Å². The number of methoxy groups -OCH3 is 1. The fourth-order valence-electron chi connectivity index (χ4n) is 4.73. The van der Waals surface area contributed by atoms with Crippen LogP contribution in [0.5, 0.6) is 5.75 Å². The van der Waals surface area contributed by atoms with E-state index in [4.69, 9.17) is 4.74 Å². The first-order valence-corrected chi connectivity index (χ1v) is 10.7. The third-order valence-corrected chi connectivity index (χ3v) is 6.41. The Morgan fingerprint density at radius 1 is 1.13 bits per heavy atom. The van der Waals surface area contributed by atoms with E-state index < -0.39 is 6.04 Å². The quantitative estimate of drug-likeness (QED) is 0.778. The Hall–Kier alpha value is -3.28. The van der Waals surface area contributed by atoms with E-state index in [1.807, 2.05) is 48.5 Å². The highest BCUT2D eigenvalue weighted by molar-refractivity contribution is 5.82. The third-order valence-electron chi connectivity index (χ3n) is 6.41. The maximum atomic E-state index is 12.9. The molecule has 2 aromatic rings. The normalized spacial score (nSPS) is 22.7. The molecule has 5 nitrogen and oxygen atoms in total. The van der Waals surface area contributed by atoms with Crippen LogP contribution in [0.4, 0.5) is 0 Å². The summed E-state index contributed by atoms with van der Waals surface area (Å²) in [5.41, 5.74) is 2.68. The van der Waals surface area contributed by atoms with E-state index in [0.717, 1.165) is 48.1 Å². The molecule has 1 aliphatic heterocycles. The van der Waals surface area contributed by atoms with Gasteiger partial charge in [-0.3, -0.25) is 4.79 Å². The summed E-state index contributed by atoms with van der Waals surface area (Å²) in [5.74, 6) is 6.89. The predicted molar refractivity (Wildman–Crippen MR) is 117 cm³/mol. The third kappa shape index (κ3) is 4.15. The molecule has 1 saturated heterocycles. The average Bonchev–Trinajstić information content (AvgIpc) is 3.34. The Balaban J connectivity index is 1.50. The number of hydrogen-bond acceptors (Lipinski definition) is 4. The molecule has 0 unspecified atom stereocenters. The van der Waals surface area contributed by atoms with E-state index in [9.17, 15) is 15.2 Å².